The summed E-state index contributed by atoms with van der Waals surface area (Å²) in [6.07, 6.45) is 0. The van der Waals surface area contributed by atoms with E-state index in [-0.39, 0.29) is 5.38 Å². The molecule has 1 aromatic heterocycles. The number of hydrogen-bond donors (Lipinski definition) is 0. The fraction of sp³-hybridized carbons (Fsp3) is 0.167. The molecule has 90 valence electrons. The molecule has 0 amide bonds. The molecule has 1 heterocycles. The number of hydrogen-bond acceptors (Lipinski definition) is 1. The molecule has 2 aromatic rings. The van der Waals surface area contributed by atoms with Crippen LogP contribution < -0.4 is 0 Å². The number of aryl methyl sites for hydroxylation is 1. The molecule has 1 atom stereocenters. The van der Waals surface area contributed by atoms with Crippen LogP contribution in [0.3, 0.4) is 0 Å². The second-order valence-electron chi connectivity index (χ2n) is 3.69. The van der Waals surface area contributed by atoms with Gasteiger partial charge in [0.05, 0.1) is 5.38 Å². The van der Waals surface area contributed by atoms with Crippen LogP contribution in [0, 0.1) is 6.92 Å². The summed E-state index contributed by atoms with van der Waals surface area (Å²) >= 11 is 23.3. The second kappa shape index (κ2) is 5.50. The van der Waals surface area contributed by atoms with Crippen LogP contribution in [0.5, 0.6) is 0 Å². The van der Waals surface area contributed by atoms with Gasteiger partial charge in [0.2, 0.25) is 0 Å². The van der Waals surface area contributed by atoms with Crippen LogP contribution in [-0.2, 0) is 0 Å². The Balaban J connectivity index is 2.39. The molecule has 0 aliphatic carbocycles. The lowest BCUT2D eigenvalue weighted by Gasteiger charge is -2.09. The van der Waals surface area contributed by atoms with Gasteiger partial charge in [-0.15, -0.1) is 22.9 Å². The van der Waals surface area contributed by atoms with Crippen LogP contribution in [0.15, 0.2) is 28.7 Å². The van der Waals surface area contributed by atoms with E-state index in [0.29, 0.717) is 9.36 Å². The molecule has 1 aromatic carbocycles. The SMILES string of the molecule is Cc1cc(Cl)cc(C(Cl)c2cc(Br)c(Cl)s2)c1. The number of alkyl halides is 1. The van der Waals surface area contributed by atoms with E-state index in [4.69, 9.17) is 34.8 Å². The first-order valence-corrected chi connectivity index (χ1v) is 7.63. The van der Waals surface area contributed by atoms with Gasteiger partial charge in [0, 0.05) is 14.4 Å². The molecule has 0 saturated heterocycles. The molecule has 0 nitrogen and oxygen atoms in total. The smallest absolute Gasteiger partial charge is 0.107 e. The highest BCUT2D eigenvalue weighted by Crippen LogP contribution is 2.40. The third kappa shape index (κ3) is 3.18. The Morgan fingerprint density at radius 2 is 1.88 bits per heavy atom. The van der Waals surface area contributed by atoms with Crippen LogP contribution in [-0.4, -0.2) is 0 Å². The van der Waals surface area contributed by atoms with Gasteiger partial charge in [0.1, 0.15) is 4.34 Å². The van der Waals surface area contributed by atoms with Gasteiger partial charge in [0.25, 0.3) is 0 Å². The monoisotopic (exact) mass is 368 g/mol. The average molecular weight is 371 g/mol. The third-order valence-corrected chi connectivity index (χ3v) is 5.65. The maximum atomic E-state index is 6.43. The predicted octanol–water partition coefficient (Wildman–Crippen LogP) is 6.45. The van der Waals surface area contributed by atoms with Gasteiger partial charge >= 0.3 is 0 Å². The molecule has 0 aliphatic rings. The first kappa shape index (κ1) is 13.7. The van der Waals surface area contributed by atoms with Crippen molar-refractivity contribution in [1.82, 2.24) is 0 Å². The number of thiophene rings is 1. The maximum absolute atomic E-state index is 6.43. The Morgan fingerprint density at radius 1 is 1.18 bits per heavy atom. The van der Waals surface area contributed by atoms with E-state index in [1.54, 1.807) is 0 Å². The Bertz CT molecular complexity index is 511. The van der Waals surface area contributed by atoms with Crippen LogP contribution in [0.4, 0.5) is 0 Å². The molecule has 2 rings (SSSR count). The lowest BCUT2D eigenvalue weighted by Crippen LogP contribution is -1.91. The minimum Gasteiger partial charge on any atom is -0.125 e. The minimum atomic E-state index is -0.221. The molecule has 0 radical (unpaired) electrons. The molecule has 0 spiro atoms. The average Bonchev–Trinajstić information content (AvgIpc) is 2.57. The molecule has 0 N–H and O–H groups in total. The number of benzene rings is 1. The van der Waals surface area contributed by atoms with Crippen LogP contribution in [0.2, 0.25) is 9.36 Å². The first-order chi connectivity index (χ1) is 7.97. The summed E-state index contributed by atoms with van der Waals surface area (Å²) in [4.78, 5) is 1.00. The topological polar surface area (TPSA) is 0 Å². The van der Waals surface area contributed by atoms with Crippen LogP contribution >= 0.6 is 62.1 Å². The van der Waals surface area contributed by atoms with Crippen molar-refractivity contribution in [1.29, 1.82) is 0 Å². The Hall–Kier alpha value is 0.270. The maximum Gasteiger partial charge on any atom is 0.107 e. The molecule has 17 heavy (non-hydrogen) atoms. The van der Waals surface area contributed by atoms with E-state index < -0.39 is 0 Å². The van der Waals surface area contributed by atoms with Gasteiger partial charge in [-0.05, 0) is 52.2 Å². The summed E-state index contributed by atoms with van der Waals surface area (Å²) in [5.41, 5.74) is 2.09. The van der Waals surface area contributed by atoms with E-state index >= 15 is 0 Å². The van der Waals surface area contributed by atoms with Crippen molar-refractivity contribution < 1.29 is 0 Å². The molecule has 0 bridgehead atoms. The van der Waals surface area contributed by atoms with Crippen molar-refractivity contribution >= 4 is 62.1 Å². The summed E-state index contributed by atoms with van der Waals surface area (Å²) in [6, 6.07) is 7.77. The van der Waals surface area contributed by atoms with E-state index in [2.05, 4.69) is 15.9 Å². The summed E-state index contributed by atoms with van der Waals surface area (Å²) in [6.45, 7) is 2.00. The Morgan fingerprint density at radius 3 is 2.41 bits per heavy atom. The zero-order chi connectivity index (χ0) is 12.6. The van der Waals surface area contributed by atoms with Gasteiger partial charge in [-0.2, -0.15) is 0 Å². The molecule has 1 unspecified atom stereocenters. The van der Waals surface area contributed by atoms with Gasteiger partial charge in [-0.25, -0.2) is 0 Å². The van der Waals surface area contributed by atoms with Gasteiger partial charge in [0.15, 0.2) is 0 Å². The molecule has 0 aliphatic heterocycles. The zero-order valence-electron chi connectivity index (χ0n) is 8.81. The van der Waals surface area contributed by atoms with Gasteiger partial charge in [-0.3, -0.25) is 0 Å². The minimum absolute atomic E-state index is 0.221. The van der Waals surface area contributed by atoms with Crippen molar-refractivity contribution in [3.05, 3.63) is 54.1 Å². The standard InChI is InChI=1S/C12H8BrCl3S/c1-6-2-7(4-8(14)3-6)11(15)10-5-9(13)12(16)17-10/h2-5,11H,1H3. The Labute approximate surface area is 128 Å². The highest BCUT2D eigenvalue weighted by atomic mass is 79.9. The lowest BCUT2D eigenvalue weighted by molar-refractivity contribution is 1.17. The van der Waals surface area contributed by atoms with Crippen molar-refractivity contribution in [2.24, 2.45) is 0 Å². The quantitative estimate of drug-likeness (QED) is 0.533. The van der Waals surface area contributed by atoms with Crippen molar-refractivity contribution in [2.75, 3.05) is 0 Å². The van der Waals surface area contributed by atoms with E-state index in [1.165, 1.54) is 11.3 Å². The predicted molar refractivity (Wildman–Crippen MR) is 80.9 cm³/mol. The van der Waals surface area contributed by atoms with Crippen molar-refractivity contribution in [3.63, 3.8) is 0 Å². The number of halogens is 4. The third-order valence-electron chi connectivity index (χ3n) is 2.27. The van der Waals surface area contributed by atoms with Crippen molar-refractivity contribution in [2.45, 2.75) is 12.3 Å². The molecular formula is C12H8BrCl3S. The molecular weight excluding hydrogens is 362 g/mol. The number of rotatable bonds is 2. The molecule has 0 saturated carbocycles. The van der Waals surface area contributed by atoms with Gasteiger partial charge in [-0.1, -0.05) is 29.3 Å². The Kier molecular flexibility index (Phi) is 4.43. The zero-order valence-corrected chi connectivity index (χ0v) is 13.5. The van der Waals surface area contributed by atoms with Crippen LogP contribution in [0.25, 0.3) is 0 Å². The van der Waals surface area contributed by atoms with E-state index in [1.807, 2.05) is 31.2 Å². The summed E-state index contributed by atoms with van der Waals surface area (Å²) in [5, 5.41) is 0.480. The molecule has 5 heteroatoms. The summed E-state index contributed by atoms with van der Waals surface area (Å²) in [5.74, 6) is 0. The fourth-order valence-electron chi connectivity index (χ4n) is 1.56. The lowest BCUT2D eigenvalue weighted by atomic mass is 10.1. The van der Waals surface area contributed by atoms with E-state index in [9.17, 15) is 0 Å². The summed E-state index contributed by atoms with van der Waals surface area (Å²) in [7, 11) is 0. The normalized spacial score (nSPS) is 12.8. The largest absolute Gasteiger partial charge is 0.125 e. The van der Waals surface area contributed by atoms with E-state index in [0.717, 1.165) is 20.5 Å². The second-order valence-corrected chi connectivity index (χ2v) is 7.11. The highest BCUT2D eigenvalue weighted by molar-refractivity contribution is 9.10. The summed E-state index contributed by atoms with van der Waals surface area (Å²) < 4.78 is 1.59. The van der Waals surface area contributed by atoms with Crippen molar-refractivity contribution in [3.8, 4) is 0 Å². The fourth-order valence-corrected chi connectivity index (χ4v) is 3.93. The molecule has 0 fully saturated rings. The first-order valence-electron chi connectivity index (χ1n) is 4.83. The highest BCUT2D eigenvalue weighted by Gasteiger charge is 2.16. The van der Waals surface area contributed by atoms with Crippen LogP contribution in [0.1, 0.15) is 21.4 Å². The van der Waals surface area contributed by atoms with Gasteiger partial charge < -0.3 is 0 Å².